The van der Waals surface area contributed by atoms with Crippen molar-refractivity contribution in [2.45, 2.75) is 20.0 Å². The summed E-state index contributed by atoms with van der Waals surface area (Å²) in [5, 5.41) is 3.16. The zero-order chi connectivity index (χ0) is 14.5. The van der Waals surface area contributed by atoms with E-state index in [1.807, 2.05) is 7.05 Å². The molecule has 0 atom stereocenters. The number of halogens is 1. The Hall–Kier alpha value is -1.39. The zero-order valence-corrected chi connectivity index (χ0v) is 13.7. The molecule has 0 radical (unpaired) electrons. The highest BCUT2D eigenvalue weighted by atomic mass is 79.9. The third-order valence-corrected chi connectivity index (χ3v) is 3.80. The monoisotopic (exact) mass is 333 g/mol. The van der Waals surface area contributed by atoms with Crippen LogP contribution in [0.2, 0.25) is 0 Å². The van der Waals surface area contributed by atoms with Crippen molar-refractivity contribution in [3.63, 3.8) is 0 Å². The lowest BCUT2D eigenvalue weighted by Gasteiger charge is -2.19. The predicted molar refractivity (Wildman–Crippen MR) is 88.0 cm³/mol. The van der Waals surface area contributed by atoms with Gasteiger partial charge in [-0.05, 0) is 43.3 Å². The Morgan fingerprint density at radius 2 is 1.85 bits per heavy atom. The molecule has 0 spiro atoms. The lowest BCUT2D eigenvalue weighted by atomic mass is 10.2. The van der Waals surface area contributed by atoms with E-state index < -0.39 is 0 Å². The molecule has 1 aromatic carbocycles. The van der Waals surface area contributed by atoms with Gasteiger partial charge < -0.3 is 10.2 Å². The predicted octanol–water partition coefficient (Wildman–Crippen LogP) is 3.51. The first-order valence-electron chi connectivity index (χ1n) is 6.67. The number of anilines is 1. The van der Waals surface area contributed by atoms with Crippen LogP contribution in [-0.2, 0) is 13.1 Å². The van der Waals surface area contributed by atoms with E-state index in [-0.39, 0.29) is 0 Å². The number of rotatable bonds is 5. The van der Waals surface area contributed by atoms with Crippen LogP contribution in [0, 0.1) is 6.92 Å². The highest BCUT2D eigenvalue weighted by molar-refractivity contribution is 9.10. The molecule has 0 aliphatic heterocycles. The maximum Gasteiger partial charge on any atom is 0.128 e. The summed E-state index contributed by atoms with van der Waals surface area (Å²) in [5.74, 6) is 1.00. The molecule has 1 N–H and O–H groups in total. The van der Waals surface area contributed by atoms with Gasteiger partial charge in [-0.3, -0.25) is 0 Å². The van der Waals surface area contributed by atoms with Crippen LogP contribution in [0.3, 0.4) is 0 Å². The Balaban J connectivity index is 2.10. The lowest BCUT2D eigenvalue weighted by Crippen LogP contribution is -2.18. The number of pyridine rings is 1. The molecule has 2 aromatic rings. The molecule has 0 unspecified atom stereocenters. The minimum absolute atomic E-state index is 0.852. The van der Waals surface area contributed by atoms with Crippen LogP contribution in [0.1, 0.15) is 16.8 Å². The average Bonchev–Trinajstić information content (AvgIpc) is 2.44. The SMILES string of the molecule is CNCc1ccc(N(C)Cc2ccc(Br)cc2)nc1C. The fourth-order valence-electron chi connectivity index (χ4n) is 2.11. The second kappa shape index (κ2) is 6.86. The maximum absolute atomic E-state index is 4.68. The molecule has 20 heavy (non-hydrogen) atoms. The van der Waals surface area contributed by atoms with E-state index in [0.717, 1.165) is 29.1 Å². The van der Waals surface area contributed by atoms with E-state index in [4.69, 9.17) is 0 Å². The number of aryl methyl sites for hydroxylation is 1. The van der Waals surface area contributed by atoms with Crippen molar-refractivity contribution in [3.8, 4) is 0 Å². The van der Waals surface area contributed by atoms with Crippen LogP contribution in [0.5, 0.6) is 0 Å². The highest BCUT2D eigenvalue weighted by Crippen LogP contribution is 2.17. The van der Waals surface area contributed by atoms with Gasteiger partial charge in [0.15, 0.2) is 0 Å². The lowest BCUT2D eigenvalue weighted by molar-refractivity contribution is 0.800. The second-order valence-corrected chi connectivity index (χ2v) is 5.84. The topological polar surface area (TPSA) is 28.2 Å². The summed E-state index contributed by atoms with van der Waals surface area (Å²) < 4.78 is 1.11. The molecule has 0 bridgehead atoms. The Kier molecular flexibility index (Phi) is 5.15. The maximum atomic E-state index is 4.68. The number of nitrogens with one attached hydrogen (secondary N) is 1. The number of nitrogens with zero attached hydrogens (tertiary/aromatic N) is 2. The molecule has 106 valence electrons. The number of benzene rings is 1. The smallest absolute Gasteiger partial charge is 0.128 e. The Morgan fingerprint density at radius 3 is 2.45 bits per heavy atom. The summed E-state index contributed by atoms with van der Waals surface area (Å²) >= 11 is 3.46. The third-order valence-electron chi connectivity index (χ3n) is 3.27. The summed E-state index contributed by atoms with van der Waals surface area (Å²) in [6, 6.07) is 12.6. The molecule has 0 fully saturated rings. The van der Waals surface area contributed by atoms with Gasteiger partial charge in [0.05, 0.1) is 0 Å². The molecular weight excluding hydrogens is 314 g/mol. The average molecular weight is 334 g/mol. The quantitative estimate of drug-likeness (QED) is 0.907. The van der Waals surface area contributed by atoms with Gasteiger partial charge in [-0.25, -0.2) is 4.98 Å². The van der Waals surface area contributed by atoms with Crippen molar-refractivity contribution in [1.29, 1.82) is 0 Å². The van der Waals surface area contributed by atoms with Crippen LogP contribution in [0.15, 0.2) is 40.9 Å². The van der Waals surface area contributed by atoms with E-state index in [0.29, 0.717) is 0 Å². The molecule has 2 rings (SSSR count). The van der Waals surface area contributed by atoms with Crippen molar-refractivity contribution in [2.75, 3.05) is 19.0 Å². The van der Waals surface area contributed by atoms with Crippen LogP contribution < -0.4 is 10.2 Å². The van der Waals surface area contributed by atoms with Gasteiger partial charge in [-0.15, -0.1) is 0 Å². The Labute approximate surface area is 129 Å². The van der Waals surface area contributed by atoms with Crippen molar-refractivity contribution in [3.05, 3.63) is 57.7 Å². The van der Waals surface area contributed by atoms with E-state index >= 15 is 0 Å². The summed E-state index contributed by atoms with van der Waals surface area (Å²) in [4.78, 5) is 6.85. The summed E-state index contributed by atoms with van der Waals surface area (Å²) in [6.45, 7) is 3.77. The Morgan fingerprint density at radius 1 is 1.15 bits per heavy atom. The van der Waals surface area contributed by atoms with Crippen LogP contribution in [0.25, 0.3) is 0 Å². The minimum Gasteiger partial charge on any atom is -0.355 e. The molecular formula is C16H20BrN3. The first-order valence-corrected chi connectivity index (χ1v) is 7.46. The van der Waals surface area contributed by atoms with E-state index in [1.165, 1.54) is 11.1 Å². The Bertz CT molecular complexity index is 566. The molecule has 4 heteroatoms. The molecule has 1 aromatic heterocycles. The van der Waals surface area contributed by atoms with Crippen molar-refractivity contribution in [2.24, 2.45) is 0 Å². The fourth-order valence-corrected chi connectivity index (χ4v) is 2.38. The van der Waals surface area contributed by atoms with Gasteiger partial charge in [-0.2, -0.15) is 0 Å². The standard InChI is InChI=1S/C16H20BrN3/c1-12-14(10-18-2)6-9-16(19-12)20(3)11-13-4-7-15(17)8-5-13/h4-9,18H,10-11H2,1-3H3. The fraction of sp³-hybridized carbons (Fsp3) is 0.312. The number of aromatic nitrogens is 1. The number of hydrogen-bond acceptors (Lipinski definition) is 3. The van der Waals surface area contributed by atoms with E-state index in [1.54, 1.807) is 0 Å². The first-order chi connectivity index (χ1) is 9.60. The molecule has 0 aliphatic carbocycles. The van der Waals surface area contributed by atoms with Crippen molar-refractivity contribution in [1.82, 2.24) is 10.3 Å². The van der Waals surface area contributed by atoms with Gasteiger partial charge >= 0.3 is 0 Å². The summed E-state index contributed by atoms with van der Waals surface area (Å²) in [5.41, 5.74) is 3.60. The van der Waals surface area contributed by atoms with Gasteiger partial charge in [0.1, 0.15) is 5.82 Å². The minimum atomic E-state index is 0.852. The van der Waals surface area contributed by atoms with Gasteiger partial charge in [0.2, 0.25) is 0 Å². The molecule has 1 heterocycles. The second-order valence-electron chi connectivity index (χ2n) is 4.93. The van der Waals surface area contributed by atoms with E-state index in [2.05, 4.69) is 81.5 Å². The summed E-state index contributed by atoms with van der Waals surface area (Å²) in [7, 11) is 4.02. The van der Waals surface area contributed by atoms with Crippen molar-refractivity contribution < 1.29 is 0 Å². The van der Waals surface area contributed by atoms with Crippen LogP contribution in [-0.4, -0.2) is 19.1 Å². The molecule has 0 saturated carbocycles. The molecule has 0 saturated heterocycles. The van der Waals surface area contributed by atoms with E-state index in [9.17, 15) is 0 Å². The molecule has 3 nitrogen and oxygen atoms in total. The number of hydrogen-bond donors (Lipinski definition) is 1. The third kappa shape index (κ3) is 3.81. The van der Waals surface area contributed by atoms with Gasteiger partial charge in [-0.1, -0.05) is 34.1 Å². The normalized spacial score (nSPS) is 10.6. The molecule has 0 amide bonds. The zero-order valence-electron chi connectivity index (χ0n) is 12.2. The first kappa shape index (κ1) is 15.0. The molecule has 0 aliphatic rings. The van der Waals surface area contributed by atoms with Gasteiger partial charge in [0.25, 0.3) is 0 Å². The van der Waals surface area contributed by atoms with Gasteiger partial charge in [0, 0.05) is 30.3 Å². The highest BCUT2D eigenvalue weighted by Gasteiger charge is 2.06. The van der Waals surface area contributed by atoms with Crippen molar-refractivity contribution >= 4 is 21.7 Å². The van der Waals surface area contributed by atoms with Crippen LogP contribution >= 0.6 is 15.9 Å². The summed E-state index contributed by atoms with van der Waals surface area (Å²) in [6.07, 6.45) is 0. The van der Waals surface area contributed by atoms with Crippen LogP contribution in [0.4, 0.5) is 5.82 Å². The largest absolute Gasteiger partial charge is 0.355 e.